The Kier molecular flexibility index (Phi) is 5.13. The lowest BCUT2D eigenvalue weighted by atomic mass is 9.79. The highest BCUT2D eigenvalue weighted by Crippen LogP contribution is 2.44. The maximum Gasteiger partial charge on any atom is 0.433 e. The summed E-state index contributed by atoms with van der Waals surface area (Å²) in [7, 11) is 0. The van der Waals surface area contributed by atoms with Crippen LogP contribution in [0.1, 0.15) is 66.1 Å². The second kappa shape index (κ2) is 8.06. The lowest BCUT2D eigenvalue weighted by molar-refractivity contribution is -0.141. The summed E-state index contributed by atoms with van der Waals surface area (Å²) in [5.74, 6) is 0.201. The average Bonchev–Trinajstić information content (AvgIpc) is 3.42. The number of aromatic amines is 1. The Morgan fingerprint density at radius 2 is 2.00 bits per heavy atom. The van der Waals surface area contributed by atoms with Gasteiger partial charge in [-0.2, -0.15) is 33.9 Å². The Morgan fingerprint density at radius 1 is 1.20 bits per heavy atom. The first-order valence-corrected chi connectivity index (χ1v) is 10.6. The second-order valence-electron chi connectivity index (χ2n) is 8.28. The van der Waals surface area contributed by atoms with Crippen LogP contribution in [0.4, 0.5) is 13.2 Å². The minimum Gasteiger partial charge on any atom is -0.309 e. The van der Waals surface area contributed by atoms with Crippen LogP contribution in [-0.4, -0.2) is 34.5 Å². The molecule has 1 fully saturated rings. The molecular weight excluding hydrogens is 463 g/mol. The van der Waals surface area contributed by atoms with Gasteiger partial charge in [0.25, 0.3) is 5.56 Å². The molecule has 1 aliphatic carbocycles. The van der Waals surface area contributed by atoms with Crippen LogP contribution in [-0.2, 0) is 6.18 Å². The molecule has 1 aliphatic rings. The Bertz CT molecular complexity index is 1570. The number of fused-ring (bicyclic) bond motifs is 1. The fraction of sp³-hybridized carbons (Fsp3) is 0.318. The van der Waals surface area contributed by atoms with E-state index in [1.807, 2.05) is 12.1 Å². The Hall–Kier alpha value is -4.52. The number of alkyl halides is 3. The first-order valence-electron chi connectivity index (χ1n) is 10.6. The number of aromatic nitrogens is 7. The minimum atomic E-state index is -4.57. The standard InChI is InChI=1S/C22H16F3N9O/c1-11(13-2-5-17(28-9-13)22(23,24)25)34-20-18(15(7-27)32-34)21(35)31-19(30-20)14-3-4-16(14)33-10-12(6-26)8-29-33/h2,5,8-11,14,16H,3-4H2,1H3,(H,30,31,35)/t11-,14+,16+/m0/s1. The van der Waals surface area contributed by atoms with Crippen molar-refractivity contribution in [3.05, 3.63) is 69.4 Å². The van der Waals surface area contributed by atoms with E-state index in [1.54, 1.807) is 17.8 Å². The van der Waals surface area contributed by atoms with Crippen LogP contribution in [0.2, 0.25) is 0 Å². The predicted molar refractivity (Wildman–Crippen MR) is 114 cm³/mol. The highest BCUT2D eigenvalue weighted by Gasteiger charge is 2.37. The number of halogens is 3. The summed E-state index contributed by atoms with van der Waals surface area (Å²) >= 11 is 0. The van der Waals surface area contributed by atoms with Gasteiger partial charge in [0.15, 0.2) is 11.3 Å². The van der Waals surface area contributed by atoms with E-state index < -0.39 is 23.5 Å². The zero-order valence-corrected chi connectivity index (χ0v) is 18.2. The zero-order chi connectivity index (χ0) is 24.9. The van der Waals surface area contributed by atoms with Crippen molar-refractivity contribution in [2.75, 3.05) is 0 Å². The van der Waals surface area contributed by atoms with Crippen LogP contribution in [0.5, 0.6) is 0 Å². The molecule has 176 valence electrons. The number of nitrogens with one attached hydrogen (secondary N) is 1. The third kappa shape index (κ3) is 3.71. The van der Waals surface area contributed by atoms with Crippen LogP contribution < -0.4 is 5.56 Å². The first kappa shape index (κ1) is 22.3. The predicted octanol–water partition coefficient (Wildman–Crippen LogP) is 3.20. The summed E-state index contributed by atoms with van der Waals surface area (Å²) in [6, 6.07) is 5.30. The molecule has 0 saturated heterocycles. The fourth-order valence-corrected chi connectivity index (χ4v) is 4.24. The third-order valence-corrected chi connectivity index (χ3v) is 6.27. The molecule has 3 atom stereocenters. The molecule has 0 aromatic carbocycles. The molecule has 35 heavy (non-hydrogen) atoms. The molecule has 10 nitrogen and oxygen atoms in total. The van der Waals surface area contributed by atoms with E-state index in [-0.39, 0.29) is 28.7 Å². The molecule has 1 saturated carbocycles. The average molecular weight is 479 g/mol. The quantitative estimate of drug-likeness (QED) is 0.474. The Balaban J connectivity index is 1.56. The van der Waals surface area contributed by atoms with Crippen molar-refractivity contribution < 1.29 is 13.2 Å². The fourth-order valence-electron chi connectivity index (χ4n) is 4.24. The van der Waals surface area contributed by atoms with Crippen molar-refractivity contribution in [3.63, 3.8) is 0 Å². The molecule has 4 aromatic heterocycles. The summed E-state index contributed by atoms with van der Waals surface area (Å²) in [4.78, 5) is 23.8. The topological polar surface area (TPSA) is 142 Å². The highest BCUT2D eigenvalue weighted by molar-refractivity contribution is 5.80. The van der Waals surface area contributed by atoms with Crippen LogP contribution in [0.3, 0.4) is 0 Å². The molecule has 0 aliphatic heterocycles. The van der Waals surface area contributed by atoms with E-state index in [2.05, 4.69) is 25.1 Å². The summed E-state index contributed by atoms with van der Waals surface area (Å²) in [5.41, 5.74) is -0.725. The van der Waals surface area contributed by atoms with E-state index in [4.69, 9.17) is 5.26 Å². The first-order chi connectivity index (χ1) is 16.7. The molecule has 4 aromatic rings. The zero-order valence-electron chi connectivity index (χ0n) is 18.2. The number of H-pyrrole nitrogens is 1. The van der Waals surface area contributed by atoms with E-state index in [9.17, 15) is 23.2 Å². The van der Waals surface area contributed by atoms with Crippen molar-refractivity contribution in [1.82, 2.24) is 34.5 Å². The van der Waals surface area contributed by atoms with Gasteiger partial charge in [-0.25, -0.2) is 9.67 Å². The van der Waals surface area contributed by atoms with Gasteiger partial charge in [-0.05, 0) is 31.4 Å². The molecule has 0 radical (unpaired) electrons. The monoisotopic (exact) mass is 479 g/mol. The van der Waals surface area contributed by atoms with Crippen LogP contribution in [0.25, 0.3) is 11.0 Å². The number of hydrogen-bond acceptors (Lipinski definition) is 7. The highest BCUT2D eigenvalue weighted by atomic mass is 19.4. The van der Waals surface area contributed by atoms with Crippen molar-refractivity contribution in [2.24, 2.45) is 0 Å². The van der Waals surface area contributed by atoms with Crippen molar-refractivity contribution in [3.8, 4) is 12.1 Å². The summed E-state index contributed by atoms with van der Waals surface area (Å²) in [6.45, 7) is 1.67. The van der Waals surface area contributed by atoms with Gasteiger partial charge in [0.05, 0.1) is 23.8 Å². The summed E-state index contributed by atoms with van der Waals surface area (Å²) in [6.07, 6.45) is 1.11. The summed E-state index contributed by atoms with van der Waals surface area (Å²) in [5, 5.41) is 27.0. The molecular formula is C22H16F3N9O. The van der Waals surface area contributed by atoms with E-state index in [0.29, 0.717) is 17.0 Å². The van der Waals surface area contributed by atoms with Crippen LogP contribution >= 0.6 is 0 Å². The Morgan fingerprint density at radius 3 is 2.57 bits per heavy atom. The van der Waals surface area contributed by atoms with Crippen LogP contribution in [0, 0.1) is 22.7 Å². The van der Waals surface area contributed by atoms with E-state index in [0.717, 1.165) is 25.1 Å². The molecule has 0 amide bonds. The molecule has 5 rings (SSSR count). The second-order valence-corrected chi connectivity index (χ2v) is 8.28. The van der Waals surface area contributed by atoms with E-state index in [1.165, 1.54) is 16.9 Å². The van der Waals surface area contributed by atoms with Gasteiger partial charge in [0.2, 0.25) is 0 Å². The van der Waals surface area contributed by atoms with Gasteiger partial charge in [0, 0.05) is 18.3 Å². The van der Waals surface area contributed by atoms with Crippen molar-refractivity contribution in [1.29, 1.82) is 10.5 Å². The maximum absolute atomic E-state index is 12.9. The molecule has 0 bridgehead atoms. The van der Waals surface area contributed by atoms with Gasteiger partial charge in [-0.3, -0.25) is 14.5 Å². The molecule has 1 N–H and O–H groups in total. The third-order valence-electron chi connectivity index (χ3n) is 6.27. The van der Waals surface area contributed by atoms with Crippen molar-refractivity contribution in [2.45, 2.75) is 43.9 Å². The number of hydrogen-bond donors (Lipinski definition) is 1. The molecule has 4 heterocycles. The SMILES string of the molecule is C[C@@H](c1ccc(C(F)(F)F)nc1)n1nc(C#N)c2c(=O)[nH]c([C@@H]3CC[C@H]3n3cc(C#N)cn3)nc21. The van der Waals surface area contributed by atoms with E-state index >= 15 is 0 Å². The normalized spacial score (nSPS) is 18.6. The maximum atomic E-state index is 12.9. The van der Waals surface area contributed by atoms with Gasteiger partial charge in [0.1, 0.15) is 29.0 Å². The number of pyridine rings is 1. The van der Waals surface area contributed by atoms with Gasteiger partial charge in [-0.15, -0.1) is 0 Å². The van der Waals surface area contributed by atoms with Gasteiger partial charge < -0.3 is 4.98 Å². The number of nitriles is 2. The van der Waals surface area contributed by atoms with Gasteiger partial charge >= 0.3 is 6.18 Å². The van der Waals surface area contributed by atoms with Crippen molar-refractivity contribution >= 4 is 11.0 Å². The Labute approximate surface area is 195 Å². The largest absolute Gasteiger partial charge is 0.433 e. The van der Waals surface area contributed by atoms with Crippen LogP contribution in [0.15, 0.2) is 35.5 Å². The lowest BCUT2D eigenvalue weighted by Crippen LogP contribution is -2.30. The summed E-state index contributed by atoms with van der Waals surface area (Å²) < 4.78 is 41.7. The number of rotatable bonds is 4. The molecule has 0 spiro atoms. The lowest BCUT2D eigenvalue weighted by Gasteiger charge is -2.35. The van der Waals surface area contributed by atoms with Gasteiger partial charge in [-0.1, -0.05) is 6.07 Å². The molecule has 0 unspecified atom stereocenters. The molecule has 13 heteroatoms. The smallest absolute Gasteiger partial charge is 0.309 e. The minimum absolute atomic E-state index is 0.00435. The number of nitrogens with zero attached hydrogens (tertiary/aromatic N) is 8.